The lowest BCUT2D eigenvalue weighted by Gasteiger charge is -2.21. The minimum absolute atomic E-state index is 0.00701. The van der Waals surface area contributed by atoms with Crippen LogP contribution in [0.2, 0.25) is 5.02 Å². The molecule has 4 nitrogen and oxygen atoms in total. The van der Waals surface area contributed by atoms with Gasteiger partial charge in [0.15, 0.2) is 0 Å². The summed E-state index contributed by atoms with van der Waals surface area (Å²) in [4.78, 5) is 10.8. The molecule has 146 valence electrons. The Labute approximate surface area is 165 Å². The predicted molar refractivity (Wildman–Crippen MR) is 106 cm³/mol. The first kappa shape index (κ1) is 20.0. The first-order valence-corrected chi connectivity index (χ1v) is 9.80. The van der Waals surface area contributed by atoms with E-state index < -0.39 is 5.97 Å². The van der Waals surface area contributed by atoms with Crippen LogP contribution in [0.15, 0.2) is 35.9 Å². The molecule has 1 N–H and O–H groups in total. The number of ether oxygens (including phenoxy) is 2. The van der Waals surface area contributed by atoms with Crippen molar-refractivity contribution in [2.45, 2.75) is 64.8 Å². The van der Waals surface area contributed by atoms with Gasteiger partial charge < -0.3 is 14.6 Å². The highest BCUT2D eigenvalue weighted by atomic mass is 35.5. The minimum Gasteiger partial charge on any atom is -0.487 e. The highest BCUT2D eigenvalue weighted by Gasteiger charge is 2.32. The Balaban J connectivity index is 1.56. The van der Waals surface area contributed by atoms with Crippen LogP contribution in [-0.2, 0) is 22.6 Å². The third-order valence-electron chi connectivity index (χ3n) is 4.90. The van der Waals surface area contributed by atoms with E-state index in [9.17, 15) is 4.79 Å². The molecular weight excluding hydrogens is 364 g/mol. The van der Waals surface area contributed by atoms with Crippen molar-refractivity contribution in [1.82, 2.24) is 0 Å². The number of fused-ring (bicyclic) bond motifs is 1. The third kappa shape index (κ3) is 5.36. The van der Waals surface area contributed by atoms with E-state index in [4.69, 9.17) is 26.2 Å². The lowest BCUT2D eigenvalue weighted by molar-refractivity contribution is -0.137. The third-order valence-corrected chi connectivity index (χ3v) is 5.12. The molecule has 2 unspecified atom stereocenters. The fourth-order valence-electron chi connectivity index (χ4n) is 3.74. The Kier molecular flexibility index (Phi) is 5.97. The van der Waals surface area contributed by atoms with Crippen LogP contribution in [0.1, 0.15) is 51.2 Å². The second-order valence-corrected chi connectivity index (χ2v) is 8.66. The second kappa shape index (κ2) is 8.07. The van der Waals surface area contributed by atoms with Crippen LogP contribution in [0.3, 0.4) is 0 Å². The van der Waals surface area contributed by atoms with Crippen molar-refractivity contribution >= 4 is 17.6 Å². The van der Waals surface area contributed by atoms with Crippen LogP contribution in [0.4, 0.5) is 0 Å². The van der Waals surface area contributed by atoms with E-state index in [1.54, 1.807) is 0 Å². The highest BCUT2D eigenvalue weighted by Crippen LogP contribution is 2.40. The summed E-state index contributed by atoms with van der Waals surface area (Å²) >= 11 is 6.27. The molecule has 0 bridgehead atoms. The number of hydrogen-bond acceptors (Lipinski definition) is 3. The summed E-state index contributed by atoms with van der Waals surface area (Å²) in [7, 11) is 0. The van der Waals surface area contributed by atoms with Gasteiger partial charge in [0, 0.05) is 23.4 Å². The van der Waals surface area contributed by atoms with Crippen LogP contribution < -0.4 is 4.74 Å². The molecule has 27 heavy (non-hydrogen) atoms. The van der Waals surface area contributed by atoms with Gasteiger partial charge in [0.1, 0.15) is 11.4 Å². The molecule has 0 spiro atoms. The zero-order chi connectivity index (χ0) is 19.6. The summed E-state index contributed by atoms with van der Waals surface area (Å²) in [6.45, 7) is 6.57. The van der Waals surface area contributed by atoms with E-state index in [0.717, 1.165) is 36.1 Å². The second-order valence-electron chi connectivity index (χ2n) is 8.22. The van der Waals surface area contributed by atoms with Gasteiger partial charge >= 0.3 is 5.97 Å². The number of allylic oxidation sites excluding steroid dienone is 2. The molecule has 0 saturated heterocycles. The van der Waals surface area contributed by atoms with Gasteiger partial charge in [-0.05, 0) is 50.3 Å². The molecule has 0 fully saturated rings. The standard InChI is InChI=1S/C22H27ClO4/c1-14(9-20(24)25)8-15-4-6-19(7-5-15)26-13-17-11-18(23)10-16-12-22(2,3)27-21(16)17/h4-6,10-11,14,19H,7-9,12-13H2,1-3H3,(H,24,25). The molecule has 5 heteroatoms. The minimum atomic E-state index is -0.747. The topological polar surface area (TPSA) is 55.8 Å². The number of rotatable bonds is 7. The summed E-state index contributed by atoms with van der Waals surface area (Å²) in [6.07, 6.45) is 8.87. The molecule has 2 atom stereocenters. The van der Waals surface area contributed by atoms with E-state index in [0.29, 0.717) is 11.6 Å². The lowest BCUT2D eigenvalue weighted by atomic mass is 9.94. The van der Waals surface area contributed by atoms with Crippen LogP contribution in [0, 0.1) is 5.92 Å². The maximum absolute atomic E-state index is 10.8. The molecule has 0 radical (unpaired) electrons. The summed E-state index contributed by atoms with van der Waals surface area (Å²) in [5.41, 5.74) is 3.09. The Bertz CT molecular complexity index is 779. The SMILES string of the molecule is CC(CC(=O)O)CC1=CCC(OCc2cc(Cl)cc3c2OC(C)(C)C3)C=C1. The van der Waals surface area contributed by atoms with Crippen molar-refractivity contribution in [1.29, 1.82) is 0 Å². The van der Waals surface area contributed by atoms with E-state index in [2.05, 4.69) is 32.1 Å². The predicted octanol–water partition coefficient (Wildman–Crippen LogP) is 5.33. The van der Waals surface area contributed by atoms with Crippen molar-refractivity contribution in [3.8, 4) is 5.75 Å². The fourth-order valence-corrected chi connectivity index (χ4v) is 4.01. The molecule has 2 aliphatic rings. The summed E-state index contributed by atoms with van der Waals surface area (Å²) < 4.78 is 12.2. The first-order chi connectivity index (χ1) is 12.7. The molecule has 1 aliphatic carbocycles. The van der Waals surface area contributed by atoms with Gasteiger partial charge in [-0.15, -0.1) is 0 Å². The first-order valence-electron chi connectivity index (χ1n) is 9.43. The van der Waals surface area contributed by atoms with Gasteiger partial charge in [0.25, 0.3) is 0 Å². The molecule has 0 amide bonds. The van der Waals surface area contributed by atoms with E-state index >= 15 is 0 Å². The normalized spacial score (nSPS) is 21.3. The zero-order valence-corrected chi connectivity index (χ0v) is 16.9. The maximum atomic E-state index is 10.8. The van der Waals surface area contributed by atoms with Gasteiger partial charge in [-0.1, -0.05) is 42.3 Å². The maximum Gasteiger partial charge on any atom is 0.303 e. The average molecular weight is 391 g/mol. The van der Waals surface area contributed by atoms with Gasteiger partial charge in [-0.3, -0.25) is 4.79 Å². The van der Waals surface area contributed by atoms with E-state index in [1.807, 2.05) is 19.1 Å². The number of carbonyl (C=O) groups is 1. The van der Waals surface area contributed by atoms with Crippen molar-refractivity contribution in [3.63, 3.8) is 0 Å². The van der Waals surface area contributed by atoms with E-state index in [-0.39, 0.29) is 24.0 Å². The molecule has 3 rings (SSSR count). The number of hydrogen-bond donors (Lipinski definition) is 1. The molecular formula is C22H27ClO4. The Morgan fingerprint density at radius 1 is 1.44 bits per heavy atom. The Morgan fingerprint density at radius 2 is 2.22 bits per heavy atom. The smallest absolute Gasteiger partial charge is 0.303 e. The van der Waals surface area contributed by atoms with Crippen LogP contribution in [-0.4, -0.2) is 22.8 Å². The van der Waals surface area contributed by atoms with Gasteiger partial charge in [0.05, 0.1) is 12.7 Å². The molecule has 1 heterocycles. The number of aliphatic carboxylic acids is 1. The molecule has 0 saturated carbocycles. The van der Waals surface area contributed by atoms with Gasteiger partial charge in [0.2, 0.25) is 0 Å². The molecule has 1 aromatic carbocycles. The van der Waals surface area contributed by atoms with Crippen molar-refractivity contribution in [2.75, 3.05) is 0 Å². The Hall–Kier alpha value is -1.78. The summed E-state index contributed by atoms with van der Waals surface area (Å²) in [6, 6.07) is 3.89. The number of halogens is 1. The summed E-state index contributed by atoms with van der Waals surface area (Å²) in [5, 5.41) is 9.59. The van der Waals surface area contributed by atoms with Crippen molar-refractivity contribution in [3.05, 3.63) is 52.1 Å². The van der Waals surface area contributed by atoms with Crippen LogP contribution >= 0.6 is 11.6 Å². The monoisotopic (exact) mass is 390 g/mol. The van der Waals surface area contributed by atoms with Crippen molar-refractivity contribution in [2.24, 2.45) is 5.92 Å². The lowest BCUT2D eigenvalue weighted by Crippen LogP contribution is -2.25. The van der Waals surface area contributed by atoms with Crippen LogP contribution in [0.5, 0.6) is 5.75 Å². The van der Waals surface area contributed by atoms with Crippen LogP contribution in [0.25, 0.3) is 0 Å². The fraction of sp³-hybridized carbons (Fsp3) is 0.500. The van der Waals surface area contributed by atoms with Crippen molar-refractivity contribution < 1.29 is 19.4 Å². The average Bonchev–Trinajstić information content (AvgIpc) is 2.87. The number of benzene rings is 1. The van der Waals surface area contributed by atoms with Gasteiger partial charge in [-0.25, -0.2) is 0 Å². The Morgan fingerprint density at radius 3 is 2.89 bits per heavy atom. The summed E-state index contributed by atoms with van der Waals surface area (Å²) in [5.74, 6) is 0.289. The highest BCUT2D eigenvalue weighted by molar-refractivity contribution is 6.30. The van der Waals surface area contributed by atoms with E-state index in [1.165, 1.54) is 5.57 Å². The van der Waals surface area contributed by atoms with Gasteiger partial charge in [-0.2, -0.15) is 0 Å². The molecule has 1 aromatic rings. The molecule has 0 aromatic heterocycles. The number of carboxylic acids is 1. The largest absolute Gasteiger partial charge is 0.487 e. The quantitative estimate of drug-likeness (QED) is 0.684. The number of carboxylic acid groups (broad SMARTS) is 1. The molecule has 1 aliphatic heterocycles. The zero-order valence-electron chi connectivity index (χ0n) is 16.1.